The van der Waals surface area contributed by atoms with Crippen molar-refractivity contribution in [2.45, 2.75) is 43.2 Å². The van der Waals surface area contributed by atoms with E-state index in [1.165, 1.54) is 36.1 Å². The van der Waals surface area contributed by atoms with Gasteiger partial charge in [-0.2, -0.15) is 5.10 Å². The number of carbonyl (C=O) groups is 2. The van der Waals surface area contributed by atoms with Crippen molar-refractivity contribution in [3.05, 3.63) is 53.1 Å². The van der Waals surface area contributed by atoms with E-state index in [4.69, 9.17) is 15.2 Å². The number of pyridine rings is 1. The minimum Gasteiger partial charge on any atom is -0.488 e. The number of sulfonamides is 1. The molecule has 2 saturated heterocycles. The van der Waals surface area contributed by atoms with Crippen molar-refractivity contribution in [2.75, 3.05) is 38.3 Å². The number of nitrogens with two attached hydrogens (primary N) is 1. The number of carbonyl (C=O) groups excluding carboxylic acids is 2. The first-order valence-corrected chi connectivity index (χ1v) is 14.2. The van der Waals surface area contributed by atoms with Gasteiger partial charge in [-0.1, -0.05) is 6.92 Å². The van der Waals surface area contributed by atoms with Crippen molar-refractivity contribution >= 4 is 33.4 Å². The van der Waals surface area contributed by atoms with Crippen molar-refractivity contribution in [2.24, 2.45) is 5.73 Å². The highest BCUT2D eigenvalue weighted by Crippen LogP contribution is 2.45. The van der Waals surface area contributed by atoms with E-state index in [1.807, 2.05) is 0 Å². The third kappa shape index (κ3) is 4.74. The van der Waals surface area contributed by atoms with Gasteiger partial charge in [0, 0.05) is 32.1 Å². The summed E-state index contributed by atoms with van der Waals surface area (Å²) in [6.45, 7) is 3.18. The molecule has 0 bridgehead atoms. The number of rotatable bonds is 9. The number of anilines is 1. The van der Waals surface area contributed by atoms with Crippen LogP contribution in [0.15, 0.2) is 35.5 Å². The van der Waals surface area contributed by atoms with Crippen molar-refractivity contribution in [3.8, 4) is 5.75 Å². The monoisotopic (exact) mass is 559 g/mol. The molecule has 0 aliphatic carbocycles. The normalized spacial score (nSPS) is 19.7. The van der Waals surface area contributed by atoms with Crippen molar-refractivity contribution < 1.29 is 31.9 Å². The molecule has 2 fully saturated rings. The Morgan fingerprint density at radius 1 is 1.36 bits per heavy atom. The predicted octanol–water partition coefficient (Wildman–Crippen LogP) is 2.53. The number of benzene rings is 1. The number of ether oxygens (including phenoxy) is 2. The maximum atomic E-state index is 14.6. The zero-order valence-corrected chi connectivity index (χ0v) is 22.5. The summed E-state index contributed by atoms with van der Waals surface area (Å²) in [5, 5.41) is 4.11. The molecule has 11 nitrogen and oxygen atoms in total. The van der Waals surface area contributed by atoms with Gasteiger partial charge in [-0.05, 0) is 31.0 Å². The molecular formula is C26H30FN5O6S. The van der Waals surface area contributed by atoms with Gasteiger partial charge in [0.25, 0.3) is 5.91 Å². The minimum atomic E-state index is -4.13. The second-order valence-corrected chi connectivity index (χ2v) is 11.7. The van der Waals surface area contributed by atoms with Crippen LogP contribution in [0.5, 0.6) is 5.75 Å². The average molecular weight is 560 g/mol. The topological polar surface area (TPSA) is 137 Å². The van der Waals surface area contributed by atoms with Gasteiger partial charge in [0.2, 0.25) is 10.0 Å². The molecule has 2 N–H and O–H groups in total. The number of hydrogen-bond donors (Lipinski definition) is 1. The van der Waals surface area contributed by atoms with Crippen LogP contribution in [-0.2, 0) is 14.8 Å². The summed E-state index contributed by atoms with van der Waals surface area (Å²) in [5.74, 6) is -0.937. The Kier molecular flexibility index (Phi) is 7.31. The molecule has 208 valence electrons. The number of aldehydes is 1. The van der Waals surface area contributed by atoms with Gasteiger partial charge >= 0.3 is 0 Å². The van der Waals surface area contributed by atoms with Crippen LogP contribution in [0.3, 0.4) is 0 Å². The van der Waals surface area contributed by atoms with E-state index in [1.54, 1.807) is 17.9 Å². The third-order valence-electron chi connectivity index (χ3n) is 7.33. The van der Waals surface area contributed by atoms with Gasteiger partial charge in [0.05, 0.1) is 54.0 Å². The average Bonchev–Trinajstić information content (AvgIpc) is 3.68. The van der Waals surface area contributed by atoms with Gasteiger partial charge < -0.3 is 20.1 Å². The number of aromatic nitrogens is 2. The first kappa shape index (κ1) is 27.0. The first-order chi connectivity index (χ1) is 18.7. The van der Waals surface area contributed by atoms with Crippen LogP contribution in [-0.4, -0.2) is 74.0 Å². The van der Waals surface area contributed by atoms with Crippen LogP contribution in [0.1, 0.15) is 58.5 Å². The molecule has 1 amide bonds. The summed E-state index contributed by atoms with van der Waals surface area (Å²) >= 11 is 0. The lowest BCUT2D eigenvalue weighted by atomic mass is 10.0. The molecule has 1 unspecified atom stereocenters. The lowest BCUT2D eigenvalue weighted by Crippen LogP contribution is -2.33. The minimum absolute atomic E-state index is 0.0563. The lowest BCUT2D eigenvalue weighted by molar-refractivity contribution is 0.100. The molecule has 2 aliphatic rings. The molecule has 3 aromatic rings. The summed E-state index contributed by atoms with van der Waals surface area (Å²) in [4.78, 5) is 26.4. The molecule has 2 aliphatic heterocycles. The number of nitrogens with zero attached hydrogens (tertiary/aromatic N) is 4. The maximum absolute atomic E-state index is 14.6. The van der Waals surface area contributed by atoms with Crippen LogP contribution in [0.25, 0.3) is 5.52 Å². The number of hydrogen-bond acceptors (Lipinski definition) is 8. The molecule has 5 rings (SSSR count). The molecule has 0 radical (unpaired) electrons. The zero-order chi connectivity index (χ0) is 27.9. The fraction of sp³-hybridized carbons (Fsp3) is 0.423. The Balaban J connectivity index is 1.76. The molecule has 4 heterocycles. The highest BCUT2D eigenvalue weighted by molar-refractivity contribution is 7.89. The fourth-order valence-corrected chi connectivity index (χ4v) is 6.67. The maximum Gasteiger partial charge on any atom is 0.253 e. The largest absolute Gasteiger partial charge is 0.488 e. The molecule has 2 aromatic heterocycles. The van der Waals surface area contributed by atoms with Gasteiger partial charge in [0.1, 0.15) is 22.6 Å². The van der Waals surface area contributed by atoms with Crippen LogP contribution in [0.4, 0.5) is 10.1 Å². The SMILES string of the molecule is CCN(C)S(=O)(=O)c1cn2ncc(C=O)c2c(C(N)=O)c1N1CCC[C@@H]1c1cc(F)ccc1OC1CCOC1. The number of primary amides is 1. The zero-order valence-electron chi connectivity index (χ0n) is 21.7. The second-order valence-electron chi connectivity index (χ2n) is 9.65. The molecule has 39 heavy (non-hydrogen) atoms. The summed E-state index contributed by atoms with van der Waals surface area (Å²) in [6, 6.07) is 3.70. The molecule has 1 aromatic carbocycles. The Hall–Kier alpha value is -3.55. The van der Waals surface area contributed by atoms with E-state index in [0.29, 0.717) is 56.6 Å². The number of fused-ring (bicyclic) bond motifs is 1. The summed E-state index contributed by atoms with van der Waals surface area (Å²) in [5.41, 5.74) is 6.50. The Bertz CT molecular complexity index is 1540. The van der Waals surface area contributed by atoms with Gasteiger partial charge in [-0.25, -0.2) is 21.6 Å². The van der Waals surface area contributed by atoms with E-state index in [-0.39, 0.29) is 39.9 Å². The van der Waals surface area contributed by atoms with Crippen molar-refractivity contribution in [1.82, 2.24) is 13.9 Å². The Labute approximate surface area is 225 Å². The lowest BCUT2D eigenvalue weighted by Gasteiger charge is -2.32. The summed E-state index contributed by atoms with van der Waals surface area (Å²) in [6.07, 6.45) is 4.73. The summed E-state index contributed by atoms with van der Waals surface area (Å²) in [7, 11) is -2.70. The fourth-order valence-electron chi connectivity index (χ4n) is 5.30. The standard InChI is InChI=1S/C26H30FN5O6S/c1-3-30(2)39(35,36)22-13-32-24(16(14-33)12-29-32)23(26(28)34)25(22)31-9-4-5-20(31)19-11-17(27)6-7-21(19)38-18-8-10-37-15-18/h6-7,11-14,18,20H,3-5,8-10,15H2,1-2H3,(H2,28,34)/t18?,20-/m1/s1. The van der Waals surface area contributed by atoms with E-state index >= 15 is 0 Å². The van der Waals surface area contributed by atoms with Crippen LogP contribution in [0, 0.1) is 5.82 Å². The molecule has 2 atom stereocenters. The van der Waals surface area contributed by atoms with Crippen LogP contribution >= 0.6 is 0 Å². The molecular weight excluding hydrogens is 529 g/mol. The van der Waals surface area contributed by atoms with Crippen LogP contribution < -0.4 is 15.4 Å². The molecule has 13 heteroatoms. The first-order valence-electron chi connectivity index (χ1n) is 12.7. The van der Waals surface area contributed by atoms with Gasteiger partial charge in [-0.3, -0.25) is 9.59 Å². The quantitative estimate of drug-likeness (QED) is 0.395. The van der Waals surface area contributed by atoms with Gasteiger partial charge in [0.15, 0.2) is 6.29 Å². The van der Waals surface area contributed by atoms with E-state index in [2.05, 4.69) is 5.10 Å². The van der Waals surface area contributed by atoms with Crippen LogP contribution in [0.2, 0.25) is 0 Å². The van der Waals surface area contributed by atoms with Crippen molar-refractivity contribution in [1.29, 1.82) is 0 Å². The Morgan fingerprint density at radius 3 is 2.82 bits per heavy atom. The smallest absolute Gasteiger partial charge is 0.253 e. The highest BCUT2D eigenvalue weighted by Gasteiger charge is 2.38. The predicted molar refractivity (Wildman–Crippen MR) is 140 cm³/mol. The van der Waals surface area contributed by atoms with E-state index < -0.39 is 27.8 Å². The van der Waals surface area contributed by atoms with Gasteiger partial charge in [-0.15, -0.1) is 0 Å². The number of halogens is 1. The highest BCUT2D eigenvalue weighted by atomic mass is 32.2. The van der Waals surface area contributed by atoms with Crippen molar-refractivity contribution in [3.63, 3.8) is 0 Å². The number of amides is 1. The molecule has 0 spiro atoms. The van der Waals surface area contributed by atoms with E-state index in [0.717, 1.165) is 4.31 Å². The van der Waals surface area contributed by atoms with E-state index in [9.17, 15) is 22.4 Å². The summed E-state index contributed by atoms with van der Waals surface area (Å²) < 4.78 is 56.1. The Morgan fingerprint density at radius 2 is 2.15 bits per heavy atom. The second kappa shape index (κ2) is 10.5. The third-order valence-corrected chi connectivity index (χ3v) is 9.26. The molecule has 0 saturated carbocycles.